The molecule has 0 spiro atoms. The van der Waals surface area contributed by atoms with E-state index in [0.29, 0.717) is 6.42 Å². The molecule has 0 aliphatic heterocycles. The monoisotopic (exact) mass is 342 g/mol. The molecule has 2 aromatic heterocycles. The number of benzene rings is 1. The highest BCUT2D eigenvalue weighted by molar-refractivity contribution is 7.99. The number of thiophene rings is 1. The molecule has 0 aliphatic carbocycles. The van der Waals surface area contributed by atoms with E-state index in [9.17, 15) is 4.79 Å². The Morgan fingerprint density at radius 3 is 2.61 bits per heavy atom. The standard InChI is InChI=1S/C18H18N2OS2/c1-11(21)9-10-22-17-16-15(14-7-5-4-6-8-14)12(2)23-18(16)20-13(3)19-17/h4-8H,9-10H2,1-3H3. The Balaban J connectivity index is 2.13. The zero-order valence-electron chi connectivity index (χ0n) is 13.4. The van der Waals surface area contributed by atoms with E-state index in [1.54, 1.807) is 30.0 Å². The van der Waals surface area contributed by atoms with Crippen molar-refractivity contribution < 1.29 is 4.79 Å². The molecule has 0 fully saturated rings. The summed E-state index contributed by atoms with van der Waals surface area (Å²) in [6.07, 6.45) is 0.568. The summed E-state index contributed by atoms with van der Waals surface area (Å²) in [4.78, 5) is 22.7. The molecule has 0 aliphatic rings. The molecule has 0 radical (unpaired) electrons. The zero-order chi connectivity index (χ0) is 16.4. The van der Waals surface area contributed by atoms with Gasteiger partial charge in [0.25, 0.3) is 0 Å². The average Bonchev–Trinajstić information content (AvgIpc) is 2.83. The SMILES string of the molecule is CC(=O)CCSc1nc(C)nc2sc(C)c(-c3ccccc3)c12. The van der Waals surface area contributed by atoms with Crippen molar-refractivity contribution >= 4 is 39.1 Å². The number of aromatic nitrogens is 2. The van der Waals surface area contributed by atoms with Gasteiger partial charge in [-0.2, -0.15) is 0 Å². The molecular formula is C18H18N2OS2. The van der Waals surface area contributed by atoms with Crippen molar-refractivity contribution in [3.8, 4) is 11.1 Å². The lowest BCUT2D eigenvalue weighted by Crippen LogP contribution is -1.95. The van der Waals surface area contributed by atoms with Gasteiger partial charge in [0.05, 0.1) is 5.39 Å². The Labute approximate surface area is 144 Å². The van der Waals surface area contributed by atoms with Gasteiger partial charge >= 0.3 is 0 Å². The van der Waals surface area contributed by atoms with Crippen molar-refractivity contribution in [2.45, 2.75) is 32.2 Å². The van der Waals surface area contributed by atoms with Crippen LogP contribution in [0.5, 0.6) is 0 Å². The van der Waals surface area contributed by atoms with Crippen LogP contribution in [-0.2, 0) is 4.79 Å². The summed E-state index contributed by atoms with van der Waals surface area (Å²) in [5, 5.41) is 2.11. The molecule has 0 amide bonds. The molecule has 0 N–H and O–H groups in total. The fourth-order valence-electron chi connectivity index (χ4n) is 2.53. The minimum Gasteiger partial charge on any atom is -0.300 e. The minimum atomic E-state index is 0.212. The number of hydrogen-bond donors (Lipinski definition) is 0. The van der Waals surface area contributed by atoms with Crippen molar-refractivity contribution in [2.75, 3.05) is 5.75 Å². The van der Waals surface area contributed by atoms with E-state index in [2.05, 4.69) is 41.2 Å². The highest BCUT2D eigenvalue weighted by atomic mass is 32.2. The first-order chi connectivity index (χ1) is 11.1. The van der Waals surface area contributed by atoms with Crippen LogP contribution in [0.15, 0.2) is 35.4 Å². The second-order valence-electron chi connectivity index (χ2n) is 5.46. The van der Waals surface area contributed by atoms with E-state index in [1.165, 1.54) is 16.0 Å². The molecule has 2 heterocycles. The molecule has 0 bridgehead atoms. The van der Waals surface area contributed by atoms with Gasteiger partial charge in [0.15, 0.2) is 0 Å². The summed E-state index contributed by atoms with van der Waals surface area (Å²) in [6, 6.07) is 10.4. The number of carbonyl (C=O) groups is 1. The normalized spacial score (nSPS) is 11.1. The van der Waals surface area contributed by atoms with E-state index in [1.807, 2.05) is 13.0 Å². The molecule has 3 aromatic rings. The van der Waals surface area contributed by atoms with Gasteiger partial charge in [0.1, 0.15) is 21.5 Å². The number of hydrogen-bond acceptors (Lipinski definition) is 5. The maximum atomic E-state index is 11.2. The molecule has 0 saturated heterocycles. The maximum Gasteiger partial charge on any atom is 0.130 e. The predicted octanol–water partition coefficient (Wildman–Crippen LogP) is 5.05. The van der Waals surface area contributed by atoms with Gasteiger partial charge < -0.3 is 0 Å². The third-order valence-electron chi connectivity index (χ3n) is 3.56. The van der Waals surface area contributed by atoms with Crippen molar-refractivity contribution in [3.63, 3.8) is 0 Å². The molecule has 118 valence electrons. The fourth-order valence-corrected chi connectivity index (χ4v) is 4.81. The van der Waals surface area contributed by atoms with Crippen LogP contribution in [0.2, 0.25) is 0 Å². The second kappa shape index (κ2) is 6.81. The Morgan fingerprint density at radius 1 is 1.17 bits per heavy atom. The summed E-state index contributed by atoms with van der Waals surface area (Å²) in [7, 11) is 0. The van der Waals surface area contributed by atoms with E-state index >= 15 is 0 Å². The van der Waals surface area contributed by atoms with Crippen LogP contribution in [0.3, 0.4) is 0 Å². The van der Waals surface area contributed by atoms with Crippen LogP contribution in [-0.4, -0.2) is 21.5 Å². The van der Waals surface area contributed by atoms with Gasteiger partial charge in [0, 0.05) is 22.6 Å². The first-order valence-corrected chi connectivity index (χ1v) is 9.32. The second-order valence-corrected chi connectivity index (χ2v) is 7.74. The topological polar surface area (TPSA) is 42.9 Å². The molecule has 0 atom stereocenters. The molecule has 3 rings (SSSR count). The van der Waals surface area contributed by atoms with Crippen LogP contribution in [0, 0.1) is 13.8 Å². The van der Waals surface area contributed by atoms with Crippen LogP contribution < -0.4 is 0 Å². The zero-order valence-corrected chi connectivity index (χ0v) is 15.1. The molecule has 3 nitrogen and oxygen atoms in total. The van der Waals surface area contributed by atoms with Gasteiger partial charge in [-0.05, 0) is 26.3 Å². The Kier molecular flexibility index (Phi) is 4.78. The minimum absolute atomic E-state index is 0.212. The number of ketones is 1. The third-order valence-corrected chi connectivity index (χ3v) is 5.54. The average molecular weight is 342 g/mol. The van der Waals surface area contributed by atoms with Crippen molar-refractivity contribution in [3.05, 3.63) is 41.0 Å². The molecule has 5 heteroatoms. The lowest BCUT2D eigenvalue weighted by atomic mass is 10.0. The fraction of sp³-hybridized carbons (Fsp3) is 0.278. The number of thioether (sulfide) groups is 1. The molecular weight excluding hydrogens is 324 g/mol. The summed E-state index contributed by atoms with van der Waals surface area (Å²) >= 11 is 3.36. The lowest BCUT2D eigenvalue weighted by Gasteiger charge is -2.07. The first-order valence-electron chi connectivity index (χ1n) is 7.51. The maximum absolute atomic E-state index is 11.2. The highest BCUT2D eigenvalue weighted by Crippen LogP contribution is 2.41. The molecule has 23 heavy (non-hydrogen) atoms. The number of aryl methyl sites for hydroxylation is 2. The summed E-state index contributed by atoms with van der Waals surface area (Å²) in [6.45, 7) is 5.69. The van der Waals surface area contributed by atoms with Crippen LogP contribution >= 0.6 is 23.1 Å². The number of rotatable bonds is 5. The van der Waals surface area contributed by atoms with Gasteiger partial charge in [-0.25, -0.2) is 9.97 Å². The smallest absolute Gasteiger partial charge is 0.130 e. The molecule has 1 aromatic carbocycles. The largest absolute Gasteiger partial charge is 0.300 e. The van der Waals surface area contributed by atoms with Crippen molar-refractivity contribution in [1.29, 1.82) is 0 Å². The summed E-state index contributed by atoms with van der Waals surface area (Å²) in [5.74, 6) is 1.75. The van der Waals surface area contributed by atoms with Gasteiger partial charge in [-0.15, -0.1) is 23.1 Å². The molecule has 0 saturated carbocycles. The Bertz CT molecular complexity index is 856. The number of nitrogens with zero attached hydrogens (tertiary/aromatic N) is 2. The quantitative estimate of drug-likeness (QED) is 0.481. The van der Waals surface area contributed by atoms with Crippen molar-refractivity contribution in [2.24, 2.45) is 0 Å². The van der Waals surface area contributed by atoms with E-state index in [-0.39, 0.29) is 5.78 Å². The molecule has 0 unspecified atom stereocenters. The van der Waals surface area contributed by atoms with Crippen molar-refractivity contribution in [1.82, 2.24) is 9.97 Å². The van der Waals surface area contributed by atoms with E-state index in [0.717, 1.165) is 26.8 Å². The Morgan fingerprint density at radius 2 is 1.91 bits per heavy atom. The van der Waals surface area contributed by atoms with Gasteiger partial charge in [0.2, 0.25) is 0 Å². The van der Waals surface area contributed by atoms with E-state index < -0.39 is 0 Å². The number of fused-ring (bicyclic) bond motifs is 1. The predicted molar refractivity (Wildman–Crippen MR) is 98.3 cm³/mol. The number of carbonyl (C=O) groups excluding carboxylic acids is 1. The Hall–Kier alpha value is -1.72. The third kappa shape index (κ3) is 3.46. The van der Waals surface area contributed by atoms with Gasteiger partial charge in [-0.1, -0.05) is 30.3 Å². The van der Waals surface area contributed by atoms with Crippen LogP contribution in [0.25, 0.3) is 21.3 Å². The first kappa shape index (κ1) is 16.1. The highest BCUT2D eigenvalue weighted by Gasteiger charge is 2.17. The summed E-state index contributed by atoms with van der Waals surface area (Å²) in [5.41, 5.74) is 2.41. The lowest BCUT2D eigenvalue weighted by molar-refractivity contribution is -0.116. The van der Waals surface area contributed by atoms with E-state index in [4.69, 9.17) is 0 Å². The van der Waals surface area contributed by atoms with Crippen LogP contribution in [0.4, 0.5) is 0 Å². The summed E-state index contributed by atoms with van der Waals surface area (Å²) < 4.78 is 0. The number of Topliss-reactive ketones (excluding diaryl/α,β-unsaturated/α-hetero) is 1. The van der Waals surface area contributed by atoms with Crippen LogP contribution in [0.1, 0.15) is 24.0 Å². The van der Waals surface area contributed by atoms with Gasteiger partial charge in [-0.3, -0.25) is 4.79 Å².